The number of aromatic nitrogens is 3. The number of benzene rings is 1. The lowest BCUT2D eigenvalue weighted by atomic mass is 10.1. The molecule has 0 spiro atoms. The fraction of sp³-hybridized carbons (Fsp3) is 0.316. The number of carbonyl (C=O) groups is 1. The first-order valence-corrected chi connectivity index (χ1v) is 9.04. The molecule has 10 heteroatoms. The number of ether oxygens (including phenoxy) is 2. The van der Waals surface area contributed by atoms with Gasteiger partial charge < -0.3 is 14.8 Å². The Bertz CT molecular complexity index is 1050. The summed E-state index contributed by atoms with van der Waals surface area (Å²) < 4.78 is 38.6. The van der Waals surface area contributed by atoms with Gasteiger partial charge in [0.15, 0.2) is 22.8 Å². The van der Waals surface area contributed by atoms with E-state index in [4.69, 9.17) is 21.1 Å². The van der Waals surface area contributed by atoms with Crippen LogP contribution in [-0.4, -0.2) is 41.3 Å². The Balaban J connectivity index is 1.72. The van der Waals surface area contributed by atoms with Gasteiger partial charge in [-0.15, -0.1) is 0 Å². The minimum absolute atomic E-state index is 0.0300. The van der Waals surface area contributed by atoms with Gasteiger partial charge in [-0.05, 0) is 48.7 Å². The molecule has 2 aromatic heterocycles. The van der Waals surface area contributed by atoms with Crippen molar-refractivity contribution in [3.8, 4) is 11.5 Å². The highest BCUT2D eigenvalue weighted by atomic mass is 35.5. The third-order valence-corrected chi connectivity index (χ3v) is 4.42. The summed E-state index contributed by atoms with van der Waals surface area (Å²) in [5, 5.41) is 3.01. The van der Waals surface area contributed by atoms with Crippen molar-refractivity contribution in [2.45, 2.75) is 18.7 Å². The van der Waals surface area contributed by atoms with E-state index >= 15 is 0 Å². The molecule has 0 saturated carbocycles. The molecule has 0 radical (unpaired) electrons. The molecule has 0 aliphatic carbocycles. The average molecular weight is 425 g/mol. The van der Waals surface area contributed by atoms with Crippen LogP contribution in [0.1, 0.15) is 27.4 Å². The van der Waals surface area contributed by atoms with Gasteiger partial charge in [-0.2, -0.15) is 13.9 Å². The van der Waals surface area contributed by atoms with E-state index in [1.165, 1.54) is 6.07 Å². The zero-order valence-electron chi connectivity index (χ0n) is 16.0. The maximum Gasteiger partial charge on any atom is 0.364 e. The van der Waals surface area contributed by atoms with Crippen molar-refractivity contribution in [2.24, 2.45) is 0 Å². The van der Waals surface area contributed by atoms with Crippen molar-refractivity contribution in [3.63, 3.8) is 0 Å². The number of hydrogen-bond donors (Lipinski definition) is 1. The van der Waals surface area contributed by atoms with Gasteiger partial charge in [0.2, 0.25) is 0 Å². The van der Waals surface area contributed by atoms with E-state index in [1.807, 2.05) is 12.1 Å². The third-order valence-electron chi connectivity index (χ3n) is 4.23. The van der Waals surface area contributed by atoms with Crippen molar-refractivity contribution >= 4 is 23.2 Å². The highest BCUT2D eigenvalue weighted by molar-refractivity contribution is 6.21. The predicted molar refractivity (Wildman–Crippen MR) is 103 cm³/mol. The number of methoxy groups -OCH3 is 2. The molecule has 0 bridgehead atoms. The molecule has 0 aliphatic rings. The van der Waals surface area contributed by atoms with Gasteiger partial charge in [0.1, 0.15) is 5.69 Å². The topological polar surface area (TPSA) is 77.8 Å². The molecule has 1 amide bonds. The summed E-state index contributed by atoms with van der Waals surface area (Å²) in [4.78, 5) is 16.5. The maximum atomic E-state index is 13.6. The number of amides is 1. The molecule has 2 heterocycles. The number of nitrogens with zero attached hydrogens (tertiary/aromatic N) is 3. The SMILES string of the molecule is COc1ccc(CCNC(=O)c2cc3nc(C)cc(C(F)(F)Cl)n3n2)cc1OC. The van der Waals surface area contributed by atoms with Gasteiger partial charge in [0.05, 0.1) is 14.2 Å². The summed E-state index contributed by atoms with van der Waals surface area (Å²) in [5.74, 6) is 0.699. The molecule has 0 saturated heterocycles. The van der Waals surface area contributed by atoms with Gasteiger partial charge in [-0.25, -0.2) is 9.50 Å². The van der Waals surface area contributed by atoms with Gasteiger partial charge in [-0.3, -0.25) is 4.79 Å². The number of aryl methyl sites for hydroxylation is 1. The first-order valence-electron chi connectivity index (χ1n) is 8.66. The predicted octanol–water partition coefficient (Wildman–Crippen LogP) is 3.32. The van der Waals surface area contributed by atoms with E-state index in [1.54, 1.807) is 27.2 Å². The van der Waals surface area contributed by atoms with Crippen LogP contribution in [0.3, 0.4) is 0 Å². The normalized spacial score (nSPS) is 11.5. The fourth-order valence-electron chi connectivity index (χ4n) is 2.86. The number of hydrogen-bond acceptors (Lipinski definition) is 5. The van der Waals surface area contributed by atoms with Crippen LogP contribution in [-0.2, 0) is 11.8 Å². The molecular formula is C19H19ClF2N4O3. The number of nitrogens with one attached hydrogen (secondary N) is 1. The zero-order valence-corrected chi connectivity index (χ0v) is 16.8. The molecule has 0 fully saturated rings. The molecule has 7 nitrogen and oxygen atoms in total. The van der Waals surface area contributed by atoms with E-state index in [-0.39, 0.29) is 11.3 Å². The summed E-state index contributed by atoms with van der Waals surface area (Å²) in [6.45, 7) is 1.87. The summed E-state index contributed by atoms with van der Waals surface area (Å²) in [7, 11) is 3.09. The minimum atomic E-state index is -3.64. The first-order chi connectivity index (χ1) is 13.7. The molecular weight excluding hydrogens is 406 g/mol. The van der Waals surface area contributed by atoms with Crippen LogP contribution in [0.4, 0.5) is 8.78 Å². The molecule has 154 valence electrons. The summed E-state index contributed by atoms with van der Waals surface area (Å²) in [6.07, 6.45) is 0.530. The van der Waals surface area contributed by atoms with Crippen molar-refractivity contribution in [2.75, 3.05) is 20.8 Å². The van der Waals surface area contributed by atoms with Gasteiger partial charge >= 0.3 is 5.38 Å². The van der Waals surface area contributed by atoms with E-state index in [9.17, 15) is 13.6 Å². The number of fused-ring (bicyclic) bond motifs is 1. The fourth-order valence-corrected chi connectivity index (χ4v) is 2.99. The lowest BCUT2D eigenvalue weighted by Crippen LogP contribution is -2.26. The average Bonchev–Trinajstić information content (AvgIpc) is 3.10. The molecule has 29 heavy (non-hydrogen) atoms. The molecule has 0 aliphatic heterocycles. The monoisotopic (exact) mass is 424 g/mol. The van der Waals surface area contributed by atoms with Crippen molar-refractivity contribution in [1.82, 2.24) is 19.9 Å². The lowest BCUT2D eigenvalue weighted by Gasteiger charge is -2.10. The number of rotatable bonds is 7. The van der Waals surface area contributed by atoms with E-state index < -0.39 is 17.0 Å². The standard InChI is InChI=1S/C19H19ClF2N4O3/c1-11-8-16(19(20,21)22)26-17(24-11)10-13(25-26)18(27)23-7-6-12-4-5-14(28-2)15(9-12)29-3/h4-5,8-10H,6-7H2,1-3H3,(H,23,27). The third kappa shape index (κ3) is 4.56. The molecule has 3 rings (SSSR count). The number of carbonyl (C=O) groups excluding carboxylic acids is 1. The van der Waals surface area contributed by atoms with Crippen LogP contribution in [0.15, 0.2) is 30.3 Å². The van der Waals surface area contributed by atoms with Gasteiger partial charge in [0, 0.05) is 18.3 Å². The van der Waals surface area contributed by atoms with Crippen molar-refractivity contribution < 1.29 is 23.0 Å². The minimum Gasteiger partial charge on any atom is -0.493 e. The highest BCUT2D eigenvalue weighted by Crippen LogP contribution is 2.32. The molecule has 0 atom stereocenters. The second kappa shape index (κ2) is 8.20. The second-order valence-electron chi connectivity index (χ2n) is 6.28. The lowest BCUT2D eigenvalue weighted by molar-refractivity contribution is 0.0864. The number of halogens is 3. The molecule has 0 unspecified atom stereocenters. The van der Waals surface area contributed by atoms with Crippen molar-refractivity contribution in [1.29, 1.82) is 0 Å². The van der Waals surface area contributed by atoms with Gasteiger partial charge in [0.25, 0.3) is 5.91 Å². The van der Waals surface area contributed by atoms with Crippen LogP contribution in [0, 0.1) is 6.92 Å². The van der Waals surface area contributed by atoms with E-state index in [0.717, 1.165) is 16.1 Å². The largest absolute Gasteiger partial charge is 0.493 e. The van der Waals surface area contributed by atoms with Crippen LogP contribution < -0.4 is 14.8 Å². The Kier molecular flexibility index (Phi) is 5.88. The Morgan fingerprint density at radius 2 is 1.93 bits per heavy atom. The van der Waals surface area contributed by atoms with Crippen LogP contribution >= 0.6 is 11.6 Å². The molecule has 1 N–H and O–H groups in total. The summed E-state index contributed by atoms with van der Waals surface area (Å²) >= 11 is 5.15. The number of alkyl halides is 3. The van der Waals surface area contributed by atoms with E-state index in [0.29, 0.717) is 30.2 Å². The van der Waals surface area contributed by atoms with Crippen LogP contribution in [0.2, 0.25) is 0 Å². The van der Waals surface area contributed by atoms with Crippen LogP contribution in [0.25, 0.3) is 5.65 Å². The van der Waals surface area contributed by atoms with E-state index in [2.05, 4.69) is 15.4 Å². The molecule has 1 aromatic carbocycles. The first kappa shape index (κ1) is 20.8. The highest BCUT2D eigenvalue weighted by Gasteiger charge is 2.32. The second-order valence-corrected chi connectivity index (χ2v) is 6.75. The molecule has 3 aromatic rings. The summed E-state index contributed by atoms with van der Waals surface area (Å²) in [5.41, 5.74) is 0.807. The maximum absolute atomic E-state index is 13.6. The van der Waals surface area contributed by atoms with Gasteiger partial charge in [-0.1, -0.05) is 6.07 Å². The summed E-state index contributed by atoms with van der Waals surface area (Å²) in [6, 6.07) is 7.92. The Morgan fingerprint density at radius 1 is 1.21 bits per heavy atom. The van der Waals surface area contributed by atoms with Crippen LogP contribution in [0.5, 0.6) is 11.5 Å². The smallest absolute Gasteiger partial charge is 0.364 e. The van der Waals surface area contributed by atoms with Crippen molar-refractivity contribution in [3.05, 3.63) is 53.0 Å². The Labute approximate surface area is 170 Å². The zero-order chi connectivity index (χ0) is 21.2. The Morgan fingerprint density at radius 3 is 2.59 bits per heavy atom. The Hall–Kier alpha value is -2.94. The quantitative estimate of drug-likeness (QED) is 0.589.